The Hall–Kier alpha value is -3.05. The average Bonchev–Trinajstić information content (AvgIpc) is 3.68. The number of ketones is 1. The van der Waals surface area contributed by atoms with Gasteiger partial charge in [-0.15, -0.1) is 0 Å². The van der Waals surface area contributed by atoms with E-state index >= 15 is 4.39 Å². The first kappa shape index (κ1) is 22.7. The number of fused-ring (bicyclic) bond motifs is 1. The standard InChI is InChI=1S/C29H30FNO3/c1-17(18(2)32)29(19-4-5-19)22-6-7-23-16-34-27(14-24(23)12-22)25-9-8-20(13-26(25)30)21-10-11-31-28(15-21)33-3/h6-13,15,17,19,27,29H,4-5,14,16H2,1-3H3/t17-,27+,29+/m1/s1. The summed E-state index contributed by atoms with van der Waals surface area (Å²) in [6.45, 7) is 4.20. The molecular formula is C29H30FNO3. The number of Topliss-reactive ketones (excluding diaryl/α,β-unsaturated/α-hetero) is 1. The second-order valence-electron chi connectivity index (χ2n) is 9.62. The number of rotatable bonds is 7. The number of hydrogen-bond donors (Lipinski definition) is 0. The van der Waals surface area contributed by atoms with Crippen LogP contribution in [0.1, 0.15) is 61.0 Å². The summed E-state index contributed by atoms with van der Waals surface area (Å²) in [5.41, 5.74) is 5.75. The van der Waals surface area contributed by atoms with E-state index < -0.39 is 0 Å². The van der Waals surface area contributed by atoms with Gasteiger partial charge in [-0.25, -0.2) is 9.37 Å². The van der Waals surface area contributed by atoms with Gasteiger partial charge in [0.25, 0.3) is 0 Å². The first-order valence-corrected chi connectivity index (χ1v) is 12.0. The third kappa shape index (κ3) is 4.49. The maximum Gasteiger partial charge on any atom is 0.213 e. The van der Waals surface area contributed by atoms with E-state index in [1.165, 1.54) is 24.0 Å². The Morgan fingerprint density at radius 3 is 2.59 bits per heavy atom. The number of hydrogen-bond acceptors (Lipinski definition) is 4. The molecule has 1 aromatic heterocycles. The zero-order valence-electron chi connectivity index (χ0n) is 19.9. The van der Waals surface area contributed by atoms with Crippen molar-refractivity contribution in [3.05, 3.63) is 82.8 Å². The first-order chi connectivity index (χ1) is 16.4. The number of pyridine rings is 1. The zero-order valence-corrected chi connectivity index (χ0v) is 19.9. The fourth-order valence-corrected chi connectivity index (χ4v) is 5.18. The van der Waals surface area contributed by atoms with Crippen LogP contribution in [0.5, 0.6) is 5.88 Å². The summed E-state index contributed by atoms with van der Waals surface area (Å²) in [7, 11) is 1.56. The van der Waals surface area contributed by atoms with Crippen LogP contribution in [0.2, 0.25) is 0 Å². The minimum Gasteiger partial charge on any atom is -0.481 e. The lowest BCUT2D eigenvalue weighted by Gasteiger charge is -2.29. The number of aromatic nitrogens is 1. The predicted molar refractivity (Wildman–Crippen MR) is 129 cm³/mol. The van der Waals surface area contributed by atoms with Crippen molar-refractivity contribution >= 4 is 5.78 Å². The van der Waals surface area contributed by atoms with E-state index in [0.29, 0.717) is 30.4 Å². The molecule has 0 unspecified atom stereocenters. The van der Waals surface area contributed by atoms with Crippen LogP contribution in [-0.2, 0) is 22.6 Å². The lowest BCUT2D eigenvalue weighted by atomic mass is 9.79. The minimum atomic E-state index is -0.339. The molecule has 1 saturated carbocycles. The van der Waals surface area contributed by atoms with Crippen molar-refractivity contribution < 1.29 is 18.7 Å². The lowest BCUT2D eigenvalue weighted by Crippen LogP contribution is -2.21. The lowest BCUT2D eigenvalue weighted by molar-refractivity contribution is -0.121. The number of carbonyl (C=O) groups is 1. The average molecular weight is 460 g/mol. The zero-order chi connectivity index (χ0) is 23.8. The molecule has 2 aromatic carbocycles. The SMILES string of the molecule is COc1cc(-c2ccc([C@@H]3Cc4cc([C@H](C5CC5)[C@H](C)C(C)=O)ccc4CO3)c(F)c2)ccn1. The van der Waals surface area contributed by atoms with Gasteiger partial charge < -0.3 is 9.47 Å². The van der Waals surface area contributed by atoms with E-state index in [4.69, 9.17) is 9.47 Å². The molecule has 4 nitrogen and oxygen atoms in total. The van der Waals surface area contributed by atoms with E-state index in [0.717, 1.165) is 16.7 Å². The highest BCUT2D eigenvalue weighted by atomic mass is 19.1. The molecule has 34 heavy (non-hydrogen) atoms. The molecule has 0 saturated heterocycles. The summed E-state index contributed by atoms with van der Waals surface area (Å²) in [5, 5.41) is 0. The largest absolute Gasteiger partial charge is 0.481 e. The first-order valence-electron chi connectivity index (χ1n) is 12.0. The normalized spacial score (nSPS) is 19.2. The molecule has 3 aromatic rings. The number of halogens is 1. The van der Waals surface area contributed by atoms with Gasteiger partial charge in [-0.3, -0.25) is 4.79 Å². The Kier molecular flexibility index (Phi) is 6.22. The van der Waals surface area contributed by atoms with Crippen molar-refractivity contribution in [2.75, 3.05) is 7.11 Å². The van der Waals surface area contributed by atoms with Crippen molar-refractivity contribution in [3.63, 3.8) is 0 Å². The Bertz CT molecular complexity index is 1220. The number of ether oxygens (including phenoxy) is 2. The van der Waals surface area contributed by atoms with Gasteiger partial charge in [-0.05, 0) is 71.6 Å². The monoisotopic (exact) mass is 459 g/mol. The molecule has 0 spiro atoms. The molecule has 2 heterocycles. The number of methoxy groups -OCH3 is 1. The molecule has 1 aliphatic heterocycles. The van der Waals surface area contributed by atoms with Gasteiger partial charge in [0, 0.05) is 30.2 Å². The predicted octanol–water partition coefficient (Wildman–Crippen LogP) is 6.43. The number of nitrogens with zero attached hydrogens (tertiary/aromatic N) is 1. The number of benzene rings is 2. The van der Waals surface area contributed by atoms with Gasteiger partial charge in [0.05, 0.1) is 19.8 Å². The van der Waals surface area contributed by atoms with Gasteiger partial charge in [-0.2, -0.15) is 0 Å². The smallest absolute Gasteiger partial charge is 0.213 e. The van der Waals surface area contributed by atoms with Crippen molar-refractivity contribution in [2.24, 2.45) is 11.8 Å². The quantitative estimate of drug-likeness (QED) is 0.409. The number of carbonyl (C=O) groups excluding carboxylic acids is 1. The maximum atomic E-state index is 15.2. The Balaban J connectivity index is 1.40. The molecule has 2 aliphatic rings. The summed E-state index contributed by atoms with van der Waals surface area (Å²) in [5.74, 6) is 1.32. The van der Waals surface area contributed by atoms with E-state index in [1.54, 1.807) is 32.4 Å². The van der Waals surface area contributed by atoms with Crippen molar-refractivity contribution in [1.82, 2.24) is 4.98 Å². The second kappa shape index (κ2) is 9.30. The molecule has 5 rings (SSSR count). The van der Waals surface area contributed by atoms with Crippen LogP contribution in [0.4, 0.5) is 4.39 Å². The van der Waals surface area contributed by atoms with Crippen LogP contribution in [0.15, 0.2) is 54.7 Å². The van der Waals surface area contributed by atoms with E-state index in [1.807, 2.05) is 25.1 Å². The topological polar surface area (TPSA) is 48.4 Å². The summed E-state index contributed by atoms with van der Waals surface area (Å²) in [6, 6.07) is 15.4. The molecule has 3 atom stereocenters. The summed E-state index contributed by atoms with van der Waals surface area (Å²) in [4.78, 5) is 16.3. The van der Waals surface area contributed by atoms with E-state index in [-0.39, 0.29) is 29.5 Å². The Morgan fingerprint density at radius 2 is 1.88 bits per heavy atom. The molecular weight excluding hydrogens is 429 g/mol. The molecule has 1 fully saturated rings. The Morgan fingerprint density at radius 1 is 1.09 bits per heavy atom. The highest BCUT2D eigenvalue weighted by Crippen LogP contribution is 2.47. The van der Waals surface area contributed by atoms with Crippen molar-refractivity contribution in [1.29, 1.82) is 0 Å². The van der Waals surface area contributed by atoms with Crippen molar-refractivity contribution in [2.45, 2.75) is 51.7 Å². The van der Waals surface area contributed by atoms with Crippen molar-refractivity contribution in [3.8, 4) is 17.0 Å². The minimum absolute atomic E-state index is 0.0120. The fourth-order valence-electron chi connectivity index (χ4n) is 5.18. The third-order valence-electron chi connectivity index (χ3n) is 7.39. The maximum absolute atomic E-state index is 15.2. The van der Waals surface area contributed by atoms with Gasteiger partial charge in [-0.1, -0.05) is 37.3 Å². The van der Waals surface area contributed by atoms with E-state index in [2.05, 4.69) is 23.2 Å². The van der Waals surface area contributed by atoms with Crippen LogP contribution < -0.4 is 4.74 Å². The van der Waals surface area contributed by atoms with Gasteiger partial charge in [0.1, 0.15) is 11.6 Å². The highest BCUT2D eigenvalue weighted by Gasteiger charge is 2.38. The second-order valence-corrected chi connectivity index (χ2v) is 9.62. The van der Waals surface area contributed by atoms with Crippen LogP contribution in [-0.4, -0.2) is 17.9 Å². The van der Waals surface area contributed by atoms with Gasteiger partial charge in [0.15, 0.2) is 0 Å². The van der Waals surface area contributed by atoms with Crippen LogP contribution >= 0.6 is 0 Å². The molecule has 1 aliphatic carbocycles. The highest BCUT2D eigenvalue weighted by molar-refractivity contribution is 5.79. The molecule has 0 bridgehead atoms. The van der Waals surface area contributed by atoms with Crippen LogP contribution in [0, 0.1) is 17.7 Å². The molecule has 0 radical (unpaired) electrons. The summed E-state index contributed by atoms with van der Waals surface area (Å²) >= 11 is 0. The molecule has 0 amide bonds. The molecule has 176 valence electrons. The summed E-state index contributed by atoms with van der Waals surface area (Å²) < 4.78 is 26.5. The third-order valence-corrected chi connectivity index (χ3v) is 7.39. The Labute approximate surface area is 200 Å². The van der Waals surface area contributed by atoms with Gasteiger partial charge >= 0.3 is 0 Å². The fraction of sp³-hybridized carbons (Fsp3) is 0.379. The van der Waals surface area contributed by atoms with Crippen LogP contribution in [0.3, 0.4) is 0 Å². The van der Waals surface area contributed by atoms with E-state index in [9.17, 15) is 4.79 Å². The van der Waals surface area contributed by atoms with Crippen LogP contribution in [0.25, 0.3) is 11.1 Å². The molecule has 0 N–H and O–H groups in total. The van der Waals surface area contributed by atoms with Gasteiger partial charge in [0.2, 0.25) is 5.88 Å². The summed E-state index contributed by atoms with van der Waals surface area (Å²) in [6.07, 6.45) is 4.31. The molecule has 5 heteroatoms.